The van der Waals surface area contributed by atoms with E-state index in [-0.39, 0.29) is 6.04 Å². The van der Waals surface area contributed by atoms with Crippen molar-refractivity contribution in [1.82, 2.24) is 10.0 Å². The largest absolute Gasteiger partial charge is 0.316 e. The van der Waals surface area contributed by atoms with Gasteiger partial charge in [0.1, 0.15) is 0 Å². The summed E-state index contributed by atoms with van der Waals surface area (Å²) >= 11 is 1.82. The fourth-order valence-corrected chi connectivity index (χ4v) is 5.19. The minimum absolute atomic E-state index is 0.0612. The van der Waals surface area contributed by atoms with Crippen molar-refractivity contribution in [3.05, 3.63) is 29.3 Å². The van der Waals surface area contributed by atoms with Gasteiger partial charge in [0.15, 0.2) is 0 Å². The second-order valence-corrected chi connectivity index (χ2v) is 7.94. The summed E-state index contributed by atoms with van der Waals surface area (Å²) in [5.74, 6) is 2.00. The van der Waals surface area contributed by atoms with Crippen molar-refractivity contribution in [3.8, 4) is 0 Å². The zero-order valence-corrected chi connectivity index (χ0v) is 13.6. The minimum atomic E-state index is -3.42. The monoisotopic (exact) mass is 314 g/mol. The fourth-order valence-electron chi connectivity index (χ4n) is 2.45. The maximum atomic E-state index is 12.5. The molecule has 1 saturated heterocycles. The van der Waals surface area contributed by atoms with Crippen molar-refractivity contribution in [3.63, 3.8) is 0 Å². The van der Waals surface area contributed by atoms with E-state index in [0.29, 0.717) is 11.4 Å². The number of sulfonamides is 1. The van der Waals surface area contributed by atoms with Gasteiger partial charge in [-0.3, -0.25) is 0 Å². The lowest BCUT2D eigenvalue weighted by Gasteiger charge is -2.23. The first kappa shape index (κ1) is 15.8. The molecule has 2 rings (SSSR count). The predicted octanol–water partition coefficient (Wildman–Crippen LogP) is 1.89. The van der Waals surface area contributed by atoms with Gasteiger partial charge >= 0.3 is 0 Å². The Morgan fingerprint density at radius 3 is 2.85 bits per heavy atom. The van der Waals surface area contributed by atoms with E-state index in [0.717, 1.165) is 35.5 Å². The summed E-state index contributed by atoms with van der Waals surface area (Å²) in [6.45, 7) is 2.55. The van der Waals surface area contributed by atoms with E-state index in [1.165, 1.54) is 0 Å². The lowest BCUT2D eigenvalue weighted by atomic mass is 10.1. The van der Waals surface area contributed by atoms with Crippen LogP contribution in [-0.2, 0) is 16.6 Å². The van der Waals surface area contributed by atoms with Gasteiger partial charge in [0.2, 0.25) is 10.0 Å². The molecule has 0 aromatic heterocycles. The van der Waals surface area contributed by atoms with Gasteiger partial charge < -0.3 is 5.32 Å². The normalized spacial score (nSPS) is 20.0. The maximum Gasteiger partial charge on any atom is 0.241 e. The Morgan fingerprint density at radius 2 is 2.20 bits per heavy atom. The molecule has 1 atom stereocenters. The predicted molar refractivity (Wildman–Crippen MR) is 84.6 cm³/mol. The topological polar surface area (TPSA) is 58.2 Å². The van der Waals surface area contributed by atoms with Gasteiger partial charge in [0.05, 0.1) is 4.90 Å². The molecule has 4 nitrogen and oxygen atoms in total. The van der Waals surface area contributed by atoms with Crippen LogP contribution in [0.25, 0.3) is 0 Å². The Bertz CT molecular complexity index is 552. The lowest BCUT2D eigenvalue weighted by Crippen LogP contribution is -2.38. The molecule has 0 amide bonds. The molecule has 0 aliphatic carbocycles. The van der Waals surface area contributed by atoms with Crippen molar-refractivity contribution < 1.29 is 8.42 Å². The number of benzene rings is 1. The van der Waals surface area contributed by atoms with Crippen molar-refractivity contribution in [1.29, 1.82) is 0 Å². The van der Waals surface area contributed by atoms with Crippen LogP contribution in [-0.4, -0.2) is 33.0 Å². The van der Waals surface area contributed by atoms with Gasteiger partial charge in [-0.15, -0.1) is 0 Å². The molecule has 1 fully saturated rings. The molecule has 0 spiro atoms. The van der Waals surface area contributed by atoms with Crippen LogP contribution in [0.1, 0.15) is 24.0 Å². The Hall–Kier alpha value is -0.560. The molecule has 2 N–H and O–H groups in total. The Kier molecular flexibility index (Phi) is 5.49. The molecule has 1 heterocycles. The zero-order chi connectivity index (χ0) is 14.6. The third kappa shape index (κ3) is 3.75. The number of nitrogens with one attached hydrogen (secondary N) is 2. The quantitative estimate of drug-likeness (QED) is 0.871. The summed E-state index contributed by atoms with van der Waals surface area (Å²) in [6.07, 6.45) is 2.01. The van der Waals surface area contributed by atoms with E-state index in [4.69, 9.17) is 0 Å². The van der Waals surface area contributed by atoms with Crippen LogP contribution in [0, 0.1) is 6.92 Å². The van der Waals surface area contributed by atoms with E-state index in [1.807, 2.05) is 37.9 Å². The van der Waals surface area contributed by atoms with Gasteiger partial charge in [-0.25, -0.2) is 13.1 Å². The lowest BCUT2D eigenvalue weighted by molar-refractivity contribution is 0.542. The second-order valence-electron chi connectivity index (χ2n) is 5.11. The summed E-state index contributed by atoms with van der Waals surface area (Å²) in [5.41, 5.74) is 1.85. The smallest absolute Gasteiger partial charge is 0.241 e. The molecule has 0 saturated carbocycles. The van der Waals surface area contributed by atoms with Crippen LogP contribution in [0.5, 0.6) is 0 Å². The maximum absolute atomic E-state index is 12.5. The molecule has 20 heavy (non-hydrogen) atoms. The average molecular weight is 314 g/mol. The molecular weight excluding hydrogens is 292 g/mol. The molecule has 1 unspecified atom stereocenters. The molecule has 6 heteroatoms. The first-order valence-corrected chi connectivity index (χ1v) is 9.51. The van der Waals surface area contributed by atoms with Crippen LogP contribution in [0.15, 0.2) is 23.1 Å². The highest BCUT2D eigenvalue weighted by molar-refractivity contribution is 7.99. The van der Waals surface area contributed by atoms with E-state index in [9.17, 15) is 8.42 Å². The molecule has 1 aliphatic heterocycles. The van der Waals surface area contributed by atoms with Gasteiger partial charge in [-0.05, 0) is 49.8 Å². The molecule has 112 valence electrons. The van der Waals surface area contributed by atoms with Crippen molar-refractivity contribution in [2.24, 2.45) is 0 Å². The van der Waals surface area contributed by atoms with Gasteiger partial charge in [-0.1, -0.05) is 12.1 Å². The number of hydrogen-bond donors (Lipinski definition) is 2. The fraction of sp³-hybridized carbons (Fsp3) is 0.571. The van der Waals surface area contributed by atoms with Gasteiger partial charge in [-0.2, -0.15) is 11.8 Å². The standard InChI is InChI=1S/C14H22N2O2S2/c1-11-12(9-15-2)5-3-7-14(11)20(17,18)16-13-6-4-8-19-10-13/h3,5,7,13,15-16H,4,6,8-10H2,1-2H3. The van der Waals surface area contributed by atoms with Crippen LogP contribution in [0.3, 0.4) is 0 Å². The highest BCUT2D eigenvalue weighted by Gasteiger charge is 2.23. The van der Waals surface area contributed by atoms with Crippen LogP contribution >= 0.6 is 11.8 Å². The van der Waals surface area contributed by atoms with E-state index >= 15 is 0 Å². The summed E-state index contributed by atoms with van der Waals surface area (Å²) in [5, 5.41) is 3.07. The summed E-state index contributed by atoms with van der Waals surface area (Å²) < 4.78 is 27.9. The molecule has 1 aliphatic rings. The second kappa shape index (κ2) is 6.93. The Labute approximate surface area is 125 Å². The van der Waals surface area contributed by atoms with E-state index in [2.05, 4.69) is 10.0 Å². The summed E-state index contributed by atoms with van der Waals surface area (Å²) in [4.78, 5) is 0.404. The summed E-state index contributed by atoms with van der Waals surface area (Å²) in [6, 6.07) is 5.52. The van der Waals surface area contributed by atoms with Gasteiger partial charge in [0, 0.05) is 18.3 Å². The first-order chi connectivity index (χ1) is 9.54. The molecule has 0 radical (unpaired) electrons. The average Bonchev–Trinajstić information content (AvgIpc) is 2.42. The van der Waals surface area contributed by atoms with Gasteiger partial charge in [0.25, 0.3) is 0 Å². The molecule has 0 bridgehead atoms. The van der Waals surface area contributed by atoms with E-state index in [1.54, 1.807) is 6.07 Å². The van der Waals surface area contributed by atoms with Crippen LogP contribution in [0.4, 0.5) is 0 Å². The SMILES string of the molecule is CNCc1cccc(S(=O)(=O)NC2CCCSC2)c1C. The minimum Gasteiger partial charge on any atom is -0.316 e. The van der Waals surface area contributed by atoms with Crippen LogP contribution in [0.2, 0.25) is 0 Å². The van der Waals surface area contributed by atoms with E-state index < -0.39 is 10.0 Å². The van der Waals surface area contributed by atoms with Crippen molar-refractivity contribution in [2.75, 3.05) is 18.6 Å². The van der Waals surface area contributed by atoms with Crippen molar-refractivity contribution >= 4 is 21.8 Å². The van der Waals surface area contributed by atoms with Crippen molar-refractivity contribution in [2.45, 2.75) is 37.2 Å². The summed E-state index contributed by atoms with van der Waals surface area (Å²) in [7, 11) is -1.56. The number of thioether (sulfide) groups is 1. The molecular formula is C14H22N2O2S2. The van der Waals surface area contributed by atoms with Crippen LogP contribution < -0.4 is 10.0 Å². The first-order valence-electron chi connectivity index (χ1n) is 6.88. The Morgan fingerprint density at radius 1 is 1.40 bits per heavy atom. The highest BCUT2D eigenvalue weighted by atomic mass is 32.2. The Balaban J connectivity index is 2.22. The molecule has 1 aromatic rings. The molecule has 1 aromatic carbocycles. The number of hydrogen-bond acceptors (Lipinski definition) is 4. The zero-order valence-electron chi connectivity index (χ0n) is 12.0. The highest BCUT2D eigenvalue weighted by Crippen LogP contribution is 2.22. The number of rotatable bonds is 5. The third-order valence-electron chi connectivity index (χ3n) is 3.54. The third-order valence-corrected chi connectivity index (χ3v) is 6.42.